The van der Waals surface area contributed by atoms with Gasteiger partial charge in [-0.1, -0.05) is 13.3 Å². The number of nitrogen functional groups attached to an aromatic ring is 1. The Morgan fingerprint density at radius 2 is 2.33 bits per heavy atom. The molecule has 4 N–H and O–H groups in total. The van der Waals surface area contributed by atoms with Gasteiger partial charge in [-0.15, -0.1) is 0 Å². The molecule has 66 valence electrons. The van der Waals surface area contributed by atoms with Gasteiger partial charge in [0.1, 0.15) is 5.82 Å². The first kappa shape index (κ1) is 9.00. The molecule has 0 amide bonds. The number of nitrogens with zero attached hydrogens (tertiary/aromatic N) is 1. The van der Waals surface area contributed by atoms with E-state index in [0.29, 0.717) is 5.82 Å². The topological polar surface area (TPSA) is 64.9 Å². The average Bonchev–Trinajstić information content (AvgIpc) is 2.05. The van der Waals surface area contributed by atoms with Crippen LogP contribution < -0.4 is 11.5 Å². The van der Waals surface area contributed by atoms with E-state index in [1.165, 1.54) is 0 Å². The summed E-state index contributed by atoms with van der Waals surface area (Å²) in [6, 6.07) is 3.84. The third-order valence-corrected chi connectivity index (χ3v) is 1.83. The minimum absolute atomic E-state index is 0.0975. The first-order valence-corrected chi connectivity index (χ1v) is 4.21. The van der Waals surface area contributed by atoms with Gasteiger partial charge in [0.15, 0.2) is 0 Å². The van der Waals surface area contributed by atoms with Crippen LogP contribution in [-0.2, 0) is 0 Å². The quantitative estimate of drug-likeness (QED) is 0.712. The predicted octanol–water partition coefficient (Wildman–Crippen LogP) is 1.46. The zero-order valence-electron chi connectivity index (χ0n) is 7.33. The Kier molecular flexibility index (Phi) is 3.05. The molecule has 3 nitrogen and oxygen atoms in total. The Hall–Kier alpha value is -1.09. The van der Waals surface area contributed by atoms with E-state index in [1.807, 2.05) is 12.1 Å². The van der Waals surface area contributed by atoms with Crippen molar-refractivity contribution in [2.24, 2.45) is 5.73 Å². The van der Waals surface area contributed by atoms with E-state index < -0.39 is 0 Å². The fourth-order valence-electron chi connectivity index (χ4n) is 1.17. The number of nitrogens with two attached hydrogens (primary N) is 2. The molecule has 0 aliphatic rings. The van der Waals surface area contributed by atoms with Crippen LogP contribution in [0.4, 0.5) is 5.82 Å². The van der Waals surface area contributed by atoms with Crippen molar-refractivity contribution in [3.8, 4) is 0 Å². The molecule has 1 aromatic heterocycles. The van der Waals surface area contributed by atoms with E-state index in [2.05, 4.69) is 11.9 Å². The fourth-order valence-corrected chi connectivity index (χ4v) is 1.17. The number of anilines is 1. The van der Waals surface area contributed by atoms with Gasteiger partial charge in [-0.3, -0.25) is 0 Å². The van der Waals surface area contributed by atoms with E-state index in [1.54, 1.807) is 6.20 Å². The molecule has 0 bridgehead atoms. The van der Waals surface area contributed by atoms with Crippen LogP contribution in [0.1, 0.15) is 31.4 Å². The van der Waals surface area contributed by atoms with Gasteiger partial charge in [-0.25, -0.2) is 4.98 Å². The Labute approximate surface area is 72.8 Å². The van der Waals surface area contributed by atoms with Gasteiger partial charge < -0.3 is 11.5 Å². The molecule has 1 atom stereocenters. The van der Waals surface area contributed by atoms with Crippen LogP contribution in [0, 0.1) is 0 Å². The van der Waals surface area contributed by atoms with Crippen LogP contribution in [0.5, 0.6) is 0 Å². The number of hydrogen-bond donors (Lipinski definition) is 2. The van der Waals surface area contributed by atoms with Crippen molar-refractivity contribution in [1.82, 2.24) is 4.98 Å². The van der Waals surface area contributed by atoms with Crippen molar-refractivity contribution in [2.75, 3.05) is 5.73 Å². The van der Waals surface area contributed by atoms with Crippen LogP contribution in [0.25, 0.3) is 0 Å². The first-order valence-electron chi connectivity index (χ1n) is 4.21. The SMILES string of the molecule is CCCC(N)c1ccnc(N)c1. The van der Waals surface area contributed by atoms with Crippen molar-refractivity contribution in [2.45, 2.75) is 25.8 Å². The maximum absolute atomic E-state index is 5.89. The van der Waals surface area contributed by atoms with Gasteiger partial charge in [-0.05, 0) is 24.1 Å². The van der Waals surface area contributed by atoms with Gasteiger partial charge in [0, 0.05) is 12.2 Å². The molecule has 1 aromatic rings. The van der Waals surface area contributed by atoms with Crippen LogP contribution in [0.15, 0.2) is 18.3 Å². The molecule has 0 saturated carbocycles. The van der Waals surface area contributed by atoms with Gasteiger partial charge in [0.2, 0.25) is 0 Å². The summed E-state index contributed by atoms with van der Waals surface area (Å²) in [6.45, 7) is 2.12. The lowest BCUT2D eigenvalue weighted by atomic mass is 10.0. The molecular formula is C9H15N3. The molecule has 12 heavy (non-hydrogen) atoms. The maximum Gasteiger partial charge on any atom is 0.123 e. The maximum atomic E-state index is 5.89. The highest BCUT2D eigenvalue weighted by Gasteiger charge is 2.03. The smallest absolute Gasteiger partial charge is 0.123 e. The summed E-state index contributed by atoms with van der Waals surface area (Å²) in [5.41, 5.74) is 12.5. The standard InChI is InChI=1S/C9H15N3/c1-2-3-8(10)7-4-5-12-9(11)6-7/h4-6,8H,2-3,10H2,1H3,(H2,11,12). The van der Waals surface area contributed by atoms with Crippen molar-refractivity contribution in [1.29, 1.82) is 0 Å². The summed E-state index contributed by atoms with van der Waals surface area (Å²) in [5, 5.41) is 0. The molecule has 0 spiro atoms. The van der Waals surface area contributed by atoms with Crippen LogP contribution in [-0.4, -0.2) is 4.98 Å². The molecule has 1 rings (SSSR count). The average molecular weight is 165 g/mol. The highest BCUT2D eigenvalue weighted by atomic mass is 14.8. The normalized spacial score (nSPS) is 12.8. The van der Waals surface area contributed by atoms with Crippen LogP contribution >= 0.6 is 0 Å². The second-order valence-electron chi connectivity index (χ2n) is 2.91. The Balaban J connectivity index is 2.73. The van der Waals surface area contributed by atoms with E-state index in [4.69, 9.17) is 11.5 Å². The van der Waals surface area contributed by atoms with Gasteiger partial charge in [-0.2, -0.15) is 0 Å². The number of hydrogen-bond acceptors (Lipinski definition) is 3. The molecule has 0 aliphatic heterocycles. The number of aromatic nitrogens is 1. The summed E-state index contributed by atoms with van der Waals surface area (Å²) in [4.78, 5) is 3.90. The third-order valence-electron chi connectivity index (χ3n) is 1.83. The summed E-state index contributed by atoms with van der Waals surface area (Å²) in [7, 11) is 0. The monoisotopic (exact) mass is 165 g/mol. The van der Waals surface area contributed by atoms with Gasteiger partial charge >= 0.3 is 0 Å². The van der Waals surface area contributed by atoms with E-state index in [-0.39, 0.29) is 6.04 Å². The van der Waals surface area contributed by atoms with E-state index >= 15 is 0 Å². The van der Waals surface area contributed by atoms with Crippen molar-refractivity contribution in [3.05, 3.63) is 23.9 Å². The summed E-state index contributed by atoms with van der Waals surface area (Å²) < 4.78 is 0. The molecule has 0 saturated heterocycles. The third kappa shape index (κ3) is 2.20. The fraction of sp³-hybridized carbons (Fsp3) is 0.444. The molecule has 0 aromatic carbocycles. The number of pyridine rings is 1. The second kappa shape index (κ2) is 4.07. The highest BCUT2D eigenvalue weighted by Crippen LogP contribution is 2.15. The molecule has 1 heterocycles. The summed E-state index contributed by atoms with van der Waals surface area (Å²) in [5.74, 6) is 0.541. The zero-order chi connectivity index (χ0) is 8.97. The Bertz CT molecular complexity index is 247. The van der Waals surface area contributed by atoms with E-state index in [0.717, 1.165) is 18.4 Å². The van der Waals surface area contributed by atoms with Crippen molar-refractivity contribution >= 4 is 5.82 Å². The Morgan fingerprint density at radius 3 is 2.92 bits per heavy atom. The molecular weight excluding hydrogens is 150 g/mol. The molecule has 0 fully saturated rings. The van der Waals surface area contributed by atoms with Crippen molar-refractivity contribution < 1.29 is 0 Å². The summed E-state index contributed by atoms with van der Waals surface area (Å²) in [6.07, 6.45) is 3.77. The van der Waals surface area contributed by atoms with Crippen LogP contribution in [0.2, 0.25) is 0 Å². The summed E-state index contributed by atoms with van der Waals surface area (Å²) >= 11 is 0. The Morgan fingerprint density at radius 1 is 1.58 bits per heavy atom. The lowest BCUT2D eigenvalue weighted by Crippen LogP contribution is -2.10. The first-order chi connectivity index (χ1) is 5.74. The molecule has 0 radical (unpaired) electrons. The zero-order valence-corrected chi connectivity index (χ0v) is 7.33. The number of rotatable bonds is 3. The lowest BCUT2D eigenvalue weighted by molar-refractivity contribution is 0.638. The molecule has 3 heteroatoms. The minimum Gasteiger partial charge on any atom is -0.384 e. The molecule has 0 aliphatic carbocycles. The highest BCUT2D eigenvalue weighted by molar-refractivity contribution is 5.33. The molecule has 1 unspecified atom stereocenters. The minimum atomic E-state index is 0.0975. The second-order valence-corrected chi connectivity index (χ2v) is 2.91. The van der Waals surface area contributed by atoms with Gasteiger partial charge in [0.25, 0.3) is 0 Å². The van der Waals surface area contributed by atoms with E-state index in [9.17, 15) is 0 Å². The largest absolute Gasteiger partial charge is 0.384 e. The van der Waals surface area contributed by atoms with Crippen molar-refractivity contribution in [3.63, 3.8) is 0 Å². The lowest BCUT2D eigenvalue weighted by Gasteiger charge is -2.10. The van der Waals surface area contributed by atoms with Gasteiger partial charge in [0.05, 0.1) is 0 Å². The predicted molar refractivity (Wildman–Crippen MR) is 50.5 cm³/mol. The van der Waals surface area contributed by atoms with Crippen LogP contribution in [0.3, 0.4) is 0 Å².